The highest BCUT2D eigenvalue weighted by Gasteiger charge is 2.25. The van der Waals surface area contributed by atoms with Crippen LogP contribution < -0.4 is 15.5 Å². The predicted octanol–water partition coefficient (Wildman–Crippen LogP) is 2.00. The first kappa shape index (κ1) is 12.8. The van der Waals surface area contributed by atoms with Crippen molar-refractivity contribution in [1.82, 2.24) is 15.3 Å². The van der Waals surface area contributed by atoms with Gasteiger partial charge in [0, 0.05) is 25.7 Å². The average molecular weight is 283 g/mol. The first-order valence-corrected chi connectivity index (χ1v) is 7.89. The van der Waals surface area contributed by atoms with Gasteiger partial charge in [-0.3, -0.25) is 0 Å². The maximum atomic E-state index is 4.89. The molecule has 0 atom stereocenters. The molecular weight excluding hydrogens is 262 g/mol. The molecule has 110 valence electrons. The van der Waals surface area contributed by atoms with E-state index in [-0.39, 0.29) is 0 Å². The van der Waals surface area contributed by atoms with E-state index in [0.717, 1.165) is 55.3 Å². The lowest BCUT2D eigenvalue weighted by Crippen LogP contribution is -2.30. The van der Waals surface area contributed by atoms with Crippen molar-refractivity contribution < 1.29 is 0 Å². The number of anilines is 2. The normalized spacial score (nSPS) is 19.5. The Morgan fingerprint density at radius 3 is 2.67 bits per heavy atom. The maximum absolute atomic E-state index is 4.89. The summed E-state index contributed by atoms with van der Waals surface area (Å²) in [5.41, 5.74) is 1.95. The molecule has 0 radical (unpaired) electrons. The number of aromatic nitrogens is 2. The van der Waals surface area contributed by atoms with Gasteiger partial charge in [-0.05, 0) is 37.9 Å². The van der Waals surface area contributed by atoms with Gasteiger partial charge in [0.05, 0.1) is 11.0 Å². The van der Waals surface area contributed by atoms with Gasteiger partial charge < -0.3 is 15.5 Å². The molecule has 1 aromatic heterocycles. The Morgan fingerprint density at radius 2 is 1.86 bits per heavy atom. The fourth-order valence-corrected chi connectivity index (χ4v) is 2.79. The summed E-state index contributed by atoms with van der Waals surface area (Å²) in [6.07, 6.45) is 3.64. The molecule has 1 saturated heterocycles. The summed E-state index contributed by atoms with van der Waals surface area (Å²) in [5.74, 6) is 1.97. The molecule has 1 aliphatic heterocycles. The number of hydrogen-bond donors (Lipinski definition) is 2. The smallest absolute Gasteiger partial charge is 0.172 e. The average Bonchev–Trinajstić information content (AvgIpc) is 3.33. The van der Waals surface area contributed by atoms with Crippen molar-refractivity contribution in [2.24, 2.45) is 0 Å². The molecule has 0 spiro atoms. The molecule has 5 heteroatoms. The fraction of sp³-hybridized carbons (Fsp3) is 0.500. The molecule has 0 bridgehead atoms. The van der Waals surface area contributed by atoms with Crippen molar-refractivity contribution in [1.29, 1.82) is 0 Å². The van der Waals surface area contributed by atoms with Crippen LogP contribution in [0.5, 0.6) is 0 Å². The highest BCUT2D eigenvalue weighted by atomic mass is 15.2. The number of nitrogens with one attached hydrogen (secondary N) is 2. The molecule has 0 amide bonds. The molecule has 2 heterocycles. The van der Waals surface area contributed by atoms with Gasteiger partial charge in [0.1, 0.15) is 0 Å². The molecule has 0 unspecified atom stereocenters. The van der Waals surface area contributed by atoms with E-state index in [1.165, 1.54) is 12.8 Å². The van der Waals surface area contributed by atoms with E-state index in [4.69, 9.17) is 9.97 Å². The summed E-state index contributed by atoms with van der Waals surface area (Å²) < 4.78 is 0. The quantitative estimate of drug-likeness (QED) is 0.902. The minimum atomic E-state index is 0.587. The molecule has 2 aliphatic rings. The third-order valence-corrected chi connectivity index (χ3v) is 4.11. The molecule has 1 saturated carbocycles. The van der Waals surface area contributed by atoms with Crippen molar-refractivity contribution in [3.8, 4) is 0 Å². The Labute approximate surface area is 124 Å². The standard InChI is InChI=1S/C16H21N5/c1-2-5-14-13(4-1)19-15(18-12-6-7-12)16(20-14)21-10-3-8-17-9-11-21/h1-2,4-5,12,17H,3,6-11H2,(H,18,19). The Bertz CT molecular complexity index is 630. The van der Waals surface area contributed by atoms with Crippen molar-refractivity contribution in [2.75, 3.05) is 36.4 Å². The number of fused-ring (bicyclic) bond motifs is 1. The van der Waals surface area contributed by atoms with Crippen LogP contribution in [0.2, 0.25) is 0 Å². The van der Waals surface area contributed by atoms with Crippen LogP contribution in [0, 0.1) is 0 Å². The van der Waals surface area contributed by atoms with Crippen molar-refractivity contribution in [3.05, 3.63) is 24.3 Å². The number of para-hydroxylation sites is 2. The van der Waals surface area contributed by atoms with E-state index >= 15 is 0 Å². The number of benzene rings is 1. The monoisotopic (exact) mass is 283 g/mol. The first-order valence-electron chi connectivity index (χ1n) is 7.89. The lowest BCUT2D eigenvalue weighted by atomic mass is 10.3. The van der Waals surface area contributed by atoms with E-state index in [2.05, 4.69) is 15.5 Å². The van der Waals surface area contributed by atoms with Gasteiger partial charge in [-0.1, -0.05) is 12.1 Å². The topological polar surface area (TPSA) is 53.1 Å². The Kier molecular flexibility index (Phi) is 3.35. The second-order valence-electron chi connectivity index (χ2n) is 5.89. The predicted molar refractivity (Wildman–Crippen MR) is 85.9 cm³/mol. The maximum Gasteiger partial charge on any atom is 0.172 e. The van der Waals surface area contributed by atoms with Gasteiger partial charge in [-0.25, -0.2) is 9.97 Å². The number of nitrogens with zero attached hydrogens (tertiary/aromatic N) is 3. The molecule has 2 N–H and O–H groups in total. The van der Waals surface area contributed by atoms with Gasteiger partial charge in [0.25, 0.3) is 0 Å². The highest BCUT2D eigenvalue weighted by Crippen LogP contribution is 2.30. The van der Waals surface area contributed by atoms with Gasteiger partial charge >= 0.3 is 0 Å². The second-order valence-corrected chi connectivity index (χ2v) is 5.89. The molecule has 2 aromatic rings. The van der Waals surface area contributed by atoms with Crippen molar-refractivity contribution >= 4 is 22.7 Å². The van der Waals surface area contributed by atoms with Crippen LogP contribution in [0.25, 0.3) is 11.0 Å². The van der Waals surface area contributed by atoms with E-state index in [9.17, 15) is 0 Å². The second kappa shape index (κ2) is 5.48. The summed E-state index contributed by atoms with van der Waals surface area (Å²) in [4.78, 5) is 12.1. The number of hydrogen-bond acceptors (Lipinski definition) is 5. The van der Waals surface area contributed by atoms with Crippen LogP contribution >= 0.6 is 0 Å². The molecule has 1 aliphatic carbocycles. The largest absolute Gasteiger partial charge is 0.364 e. The number of rotatable bonds is 3. The van der Waals surface area contributed by atoms with Gasteiger partial charge in [-0.15, -0.1) is 0 Å². The fourth-order valence-electron chi connectivity index (χ4n) is 2.79. The minimum absolute atomic E-state index is 0.587. The highest BCUT2D eigenvalue weighted by molar-refractivity contribution is 5.80. The molecule has 5 nitrogen and oxygen atoms in total. The Hall–Kier alpha value is -1.88. The Morgan fingerprint density at radius 1 is 1.05 bits per heavy atom. The SMILES string of the molecule is c1ccc2nc(N3CCCNCC3)c(NC3CC3)nc2c1. The van der Waals surface area contributed by atoms with E-state index in [0.29, 0.717) is 6.04 Å². The van der Waals surface area contributed by atoms with Crippen LogP contribution in [-0.4, -0.2) is 42.2 Å². The zero-order valence-corrected chi connectivity index (χ0v) is 12.2. The molecule has 21 heavy (non-hydrogen) atoms. The molecule has 1 aromatic carbocycles. The summed E-state index contributed by atoms with van der Waals surface area (Å²) in [6, 6.07) is 8.72. The zero-order valence-electron chi connectivity index (χ0n) is 12.2. The lowest BCUT2D eigenvalue weighted by molar-refractivity contribution is 0.724. The van der Waals surface area contributed by atoms with Gasteiger partial charge in [-0.2, -0.15) is 0 Å². The van der Waals surface area contributed by atoms with Crippen LogP contribution in [0.15, 0.2) is 24.3 Å². The van der Waals surface area contributed by atoms with Crippen LogP contribution in [-0.2, 0) is 0 Å². The van der Waals surface area contributed by atoms with E-state index in [1.807, 2.05) is 24.3 Å². The van der Waals surface area contributed by atoms with Crippen LogP contribution in [0.3, 0.4) is 0 Å². The molecular formula is C16H21N5. The third-order valence-electron chi connectivity index (χ3n) is 4.11. The minimum Gasteiger partial charge on any atom is -0.364 e. The molecule has 4 rings (SSSR count). The summed E-state index contributed by atoms with van der Waals surface area (Å²) in [7, 11) is 0. The first-order chi connectivity index (χ1) is 10.4. The summed E-state index contributed by atoms with van der Waals surface area (Å²) in [6.45, 7) is 4.13. The van der Waals surface area contributed by atoms with Crippen molar-refractivity contribution in [3.63, 3.8) is 0 Å². The summed E-state index contributed by atoms with van der Waals surface area (Å²) in [5, 5.41) is 7.01. The van der Waals surface area contributed by atoms with E-state index < -0.39 is 0 Å². The van der Waals surface area contributed by atoms with Crippen LogP contribution in [0.4, 0.5) is 11.6 Å². The van der Waals surface area contributed by atoms with Gasteiger partial charge in [0.15, 0.2) is 11.6 Å². The van der Waals surface area contributed by atoms with Crippen molar-refractivity contribution in [2.45, 2.75) is 25.3 Å². The molecule has 2 fully saturated rings. The summed E-state index contributed by atoms with van der Waals surface area (Å²) >= 11 is 0. The van der Waals surface area contributed by atoms with Crippen LogP contribution in [0.1, 0.15) is 19.3 Å². The third kappa shape index (κ3) is 2.78. The Balaban J connectivity index is 1.75. The lowest BCUT2D eigenvalue weighted by Gasteiger charge is -2.24. The van der Waals surface area contributed by atoms with E-state index in [1.54, 1.807) is 0 Å². The zero-order chi connectivity index (χ0) is 14.1. The van der Waals surface area contributed by atoms with Gasteiger partial charge in [0.2, 0.25) is 0 Å².